The molecule has 0 fully saturated rings. The average Bonchev–Trinajstić information content (AvgIpc) is 2.64. The highest BCUT2D eigenvalue weighted by Gasteiger charge is 2.31. The van der Waals surface area contributed by atoms with Gasteiger partial charge in [0.05, 0.1) is 0 Å². The average molecular weight is 386 g/mol. The molecule has 0 radical (unpaired) electrons. The van der Waals surface area contributed by atoms with E-state index in [2.05, 4.69) is 6.92 Å². The predicted molar refractivity (Wildman–Crippen MR) is 115 cm³/mol. The molecule has 0 rings (SSSR count). The number of aliphatic hydroxyl groups is 1. The Bertz CT molecular complexity index is 347. The number of rotatable bonds is 19. The summed E-state index contributed by atoms with van der Waals surface area (Å²) in [7, 11) is 3.43. The maximum atomic E-state index is 11.8. The van der Waals surface area contributed by atoms with Gasteiger partial charge < -0.3 is 9.84 Å². The first-order valence-corrected chi connectivity index (χ1v) is 11.6. The molecular formula is C23H47NO3. The Kier molecular flexibility index (Phi) is 17.1. The van der Waals surface area contributed by atoms with E-state index in [1.165, 1.54) is 88.4 Å². The van der Waals surface area contributed by atoms with Gasteiger partial charge in [-0.2, -0.15) is 0 Å². The van der Waals surface area contributed by atoms with Crippen LogP contribution in [0, 0.1) is 0 Å². The molecule has 162 valence electrons. The van der Waals surface area contributed by atoms with E-state index in [0.717, 1.165) is 12.8 Å². The van der Waals surface area contributed by atoms with Gasteiger partial charge in [-0.3, -0.25) is 4.79 Å². The van der Waals surface area contributed by atoms with Crippen molar-refractivity contribution in [2.45, 2.75) is 129 Å². The number of hydrogen-bond acceptors (Lipinski definition) is 4. The van der Waals surface area contributed by atoms with Crippen molar-refractivity contribution in [1.29, 1.82) is 0 Å². The molecule has 27 heavy (non-hydrogen) atoms. The van der Waals surface area contributed by atoms with Crippen molar-refractivity contribution < 1.29 is 14.6 Å². The van der Waals surface area contributed by atoms with Crippen molar-refractivity contribution >= 4 is 5.97 Å². The summed E-state index contributed by atoms with van der Waals surface area (Å²) in [5.41, 5.74) is 0. The van der Waals surface area contributed by atoms with Crippen LogP contribution in [0.15, 0.2) is 0 Å². The van der Waals surface area contributed by atoms with Crippen LogP contribution < -0.4 is 0 Å². The molecule has 0 heterocycles. The summed E-state index contributed by atoms with van der Waals surface area (Å²) < 4.78 is 5.21. The molecule has 0 saturated heterocycles. The number of carbonyl (C=O) groups excluding carboxylic acids is 1. The smallest absolute Gasteiger partial charge is 0.309 e. The molecule has 0 aliphatic carbocycles. The van der Waals surface area contributed by atoms with Crippen LogP contribution in [-0.2, 0) is 9.53 Å². The van der Waals surface area contributed by atoms with Gasteiger partial charge in [0.2, 0.25) is 0 Å². The minimum atomic E-state index is -1.47. The van der Waals surface area contributed by atoms with Crippen LogP contribution in [0.3, 0.4) is 0 Å². The zero-order valence-electron chi connectivity index (χ0n) is 18.7. The molecule has 1 unspecified atom stereocenters. The van der Waals surface area contributed by atoms with Gasteiger partial charge in [0.25, 0.3) is 5.91 Å². The fraction of sp³-hybridized carbons (Fsp3) is 0.957. The van der Waals surface area contributed by atoms with Gasteiger partial charge >= 0.3 is 5.97 Å². The van der Waals surface area contributed by atoms with Gasteiger partial charge in [-0.05, 0) is 20.5 Å². The summed E-state index contributed by atoms with van der Waals surface area (Å²) in [4.78, 5) is 13.4. The van der Waals surface area contributed by atoms with Crippen LogP contribution in [0.5, 0.6) is 0 Å². The second-order valence-electron chi connectivity index (χ2n) is 8.16. The third-order valence-corrected chi connectivity index (χ3v) is 5.42. The number of nitrogens with zero attached hydrogens (tertiary/aromatic N) is 1. The summed E-state index contributed by atoms with van der Waals surface area (Å²) in [6, 6.07) is 0. The fourth-order valence-corrected chi connectivity index (χ4v) is 3.35. The first-order valence-electron chi connectivity index (χ1n) is 11.6. The first kappa shape index (κ1) is 26.4. The van der Waals surface area contributed by atoms with Gasteiger partial charge in [0.15, 0.2) is 0 Å². The second-order valence-corrected chi connectivity index (χ2v) is 8.16. The number of unbranched alkanes of at least 4 members (excludes halogenated alkanes) is 14. The standard InChI is InChI=1S/C23H47NO3/c1-5-7-8-9-10-11-12-13-14-15-16-17-18-19-20-21-22(25)27-23(26,6-2)24(3)4/h26H,5-21H2,1-4H3. The highest BCUT2D eigenvalue weighted by molar-refractivity contribution is 5.69. The highest BCUT2D eigenvalue weighted by atomic mass is 16.7. The molecule has 0 bridgehead atoms. The van der Waals surface area contributed by atoms with Crippen molar-refractivity contribution in [2.24, 2.45) is 0 Å². The number of carbonyl (C=O) groups is 1. The van der Waals surface area contributed by atoms with Crippen LogP contribution in [0.2, 0.25) is 0 Å². The van der Waals surface area contributed by atoms with Crippen molar-refractivity contribution in [2.75, 3.05) is 14.1 Å². The number of esters is 1. The summed E-state index contributed by atoms with van der Waals surface area (Å²) >= 11 is 0. The van der Waals surface area contributed by atoms with E-state index in [1.807, 2.05) is 0 Å². The third-order valence-electron chi connectivity index (χ3n) is 5.42. The Balaban J connectivity index is 3.37. The molecule has 0 aromatic carbocycles. The highest BCUT2D eigenvalue weighted by Crippen LogP contribution is 2.17. The molecule has 0 aliphatic heterocycles. The van der Waals surface area contributed by atoms with E-state index in [-0.39, 0.29) is 5.97 Å². The van der Waals surface area contributed by atoms with Gasteiger partial charge in [0, 0.05) is 12.8 Å². The monoisotopic (exact) mass is 385 g/mol. The van der Waals surface area contributed by atoms with Crippen molar-refractivity contribution in [3.63, 3.8) is 0 Å². The zero-order valence-corrected chi connectivity index (χ0v) is 18.7. The summed E-state index contributed by atoms with van der Waals surface area (Å²) in [5.74, 6) is -1.77. The lowest BCUT2D eigenvalue weighted by Crippen LogP contribution is -2.47. The van der Waals surface area contributed by atoms with Crippen molar-refractivity contribution in [3.05, 3.63) is 0 Å². The van der Waals surface area contributed by atoms with Crippen LogP contribution in [0.1, 0.15) is 123 Å². The van der Waals surface area contributed by atoms with E-state index < -0.39 is 5.91 Å². The van der Waals surface area contributed by atoms with Crippen LogP contribution in [0.25, 0.3) is 0 Å². The second kappa shape index (κ2) is 17.5. The Morgan fingerprint density at radius 1 is 0.741 bits per heavy atom. The molecule has 0 aromatic heterocycles. The van der Waals surface area contributed by atoms with E-state index in [1.54, 1.807) is 21.0 Å². The quantitative estimate of drug-likeness (QED) is 0.159. The molecule has 0 amide bonds. The van der Waals surface area contributed by atoms with E-state index in [9.17, 15) is 9.90 Å². The molecule has 0 aliphatic rings. The van der Waals surface area contributed by atoms with Gasteiger partial charge in [-0.25, -0.2) is 4.90 Å². The van der Waals surface area contributed by atoms with Gasteiger partial charge in [-0.1, -0.05) is 104 Å². The van der Waals surface area contributed by atoms with E-state index >= 15 is 0 Å². The SMILES string of the molecule is CCCCCCCCCCCCCCCCCC(=O)OC(O)(CC)N(C)C. The number of ether oxygens (including phenoxy) is 1. The van der Waals surface area contributed by atoms with Crippen LogP contribution in [-0.4, -0.2) is 36.0 Å². The lowest BCUT2D eigenvalue weighted by molar-refractivity contribution is -0.268. The molecule has 4 nitrogen and oxygen atoms in total. The zero-order chi connectivity index (χ0) is 20.4. The van der Waals surface area contributed by atoms with Crippen molar-refractivity contribution in [1.82, 2.24) is 4.90 Å². The minimum Gasteiger partial charge on any atom is -0.419 e. The molecule has 1 atom stereocenters. The maximum absolute atomic E-state index is 11.8. The van der Waals surface area contributed by atoms with Gasteiger partial charge in [-0.15, -0.1) is 0 Å². The van der Waals surface area contributed by atoms with Gasteiger partial charge in [0.1, 0.15) is 0 Å². The fourth-order valence-electron chi connectivity index (χ4n) is 3.35. The number of hydrogen-bond donors (Lipinski definition) is 1. The Labute approximate surface area is 169 Å². The summed E-state index contributed by atoms with van der Waals surface area (Å²) in [6.07, 6.45) is 20.4. The molecular weight excluding hydrogens is 338 g/mol. The first-order chi connectivity index (χ1) is 13.0. The van der Waals surface area contributed by atoms with Crippen molar-refractivity contribution in [3.8, 4) is 0 Å². The molecule has 1 N–H and O–H groups in total. The van der Waals surface area contributed by atoms with Crippen LogP contribution in [0.4, 0.5) is 0 Å². The Morgan fingerprint density at radius 2 is 1.11 bits per heavy atom. The largest absolute Gasteiger partial charge is 0.419 e. The lowest BCUT2D eigenvalue weighted by atomic mass is 10.0. The van der Waals surface area contributed by atoms with Crippen LogP contribution >= 0.6 is 0 Å². The van der Waals surface area contributed by atoms with E-state index in [4.69, 9.17) is 4.74 Å². The normalized spacial score (nSPS) is 13.7. The lowest BCUT2D eigenvalue weighted by Gasteiger charge is -2.32. The third kappa shape index (κ3) is 15.0. The van der Waals surface area contributed by atoms with E-state index in [0.29, 0.717) is 12.8 Å². The summed E-state index contributed by atoms with van der Waals surface area (Å²) in [6.45, 7) is 4.08. The minimum absolute atomic E-state index is 0.303. The maximum Gasteiger partial charge on any atom is 0.309 e. The summed E-state index contributed by atoms with van der Waals surface area (Å²) in [5, 5.41) is 10.2. The molecule has 0 spiro atoms. The molecule has 0 saturated carbocycles. The molecule has 4 heteroatoms. The Morgan fingerprint density at radius 3 is 1.44 bits per heavy atom. The molecule has 0 aromatic rings. The topological polar surface area (TPSA) is 49.8 Å². The predicted octanol–water partition coefficient (Wildman–Crippen LogP) is 6.41. The Hall–Kier alpha value is -0.610.